The normalized spacial score (nSPS) is 10.8. The molecule has 0 aliphatic rings. The van der Waals surface area contributed by atoms with E-state index in [1.807, 2.05) is 0 Å². The van der Waals surface area contributed by atoms with Crippen LogP contribution in [0.15, 0.2) is 24.3 Å². The molecule has 0 bridgehead atoms. The highest BCUT2D eigenvalue weighted by Crippen LogP contribution is 2.21. The molecule has 0 fully saturated rings. The number of amides is 2. The van der Waals surface area contributed by atoms with Crippen LogP contribution in [0, 0.1) is 0 Å². The van der Waals surface area contributed by atoms with Gasteiger partial charge in [0.15, 0.2) is 6.61 Å². The number of primary amides is 1. The summed E-state index contributed by atoms with van der Waals surface area (Å²) >= 11 is 3.27. The largest absolute Gasteiger partial charge is 0.484 e. The van der Waals surface area contributed by atoms with E-state index in [4.69, 9.17) is 10.5 Å². The molecule has 0 aromatic heterocycles. The molecule has 0 heterocycles. The quantitative estimate of drug-likeness (QED) is 0.811. The van der Waals surface area contributed by atoms with Crippen molar-refractivity contribution < 1.29 is 14.3 Å². The Bertz CT molecular complexity index is 455. The number of carbonyl (C=O) groups is 2. The van der Waals surface area contributed by atoms with E-state index in [1.54, 1.807) is 38.1 Å². The third-order valence-corrected chi connectivity index (χ3v) is 2.37. The van der Waals surface area contributed by atoms with Crippen molar-refractivity contribution in [2.24, 2.45) is 5.73 Å². The molecular weight excluding hydrogens is 300 g/mol. The topological polar surface area (TPSA) is 81.4 Å². The van der Waals surface area contributed by atoms with Crippen molar-refractivity contribution in [1.82, 2.24) is 0 Å². The van der Waals surface area contributed by atoms with Crippen molar-refractivity contribution in [1.29, 1.82) is 0 Å². The van der Waals surface area contributed by atoms with Crippen LogP contribution in [0.25, 0.3) is 0 Å². The number of anilines is 1. The number of halogens is 1. The summed E-state index contributed by atoms with van der Waals surface area (Å²) in [6.07, 6.45) is 0. The Morgan fingerprint density at radius 3 is 2.67 bits per heavy atom. The smallest absolute Gasteiger partial charge is 0.255 e. The molecule has 0 saturated heterocycles. The first-order chi connectivity index (χ1) is 8.29. The standard InChI is InChI=1S/C12H15BrN2O3/c1-12(2,13)11(17)15-8-4-3-5-9(6-8)18-7-10(14)16/h3-6H,7H2,1-2H3,(H2,14,16)(H,15,17). The fourth-order valence-electron chi connectivity index (χ4n) is 1.10. The van der Waals surface area contributed by atoms with E-state index in [0.29, 0.717) is 11.4 Å². The minimum atomic E-state index is -0.656. The molecule has 3 N–H and O–H groups in total. The van der Waals surface area contributed by atoms with E-state index in [1.165, 1.54) is 0 Å². The average molecular weight is 315 g/mol. The number of nitrogens with two attached hydrogens (primary N) is 1. The van der Waals surface area contributed by atoms with Crippen LogP contribution < -0.4 is 15.8 Å². The van der Waals surface area contributed by atoms with Gasteiger partial charge in [-0.1, -0.05) is 22.0 Å². The van der Waals surface area contributed by atoms with Crippen LogP contribution in [0.3, 0.4) is 0 Å². The minimum absolute atomic E-state index is 0.172. The maximum absolute atomic E-state index is 11.7. The van der Waals surface area contributed by atoms with Crippen LogP contribution in [-0.2, 0) is 9.59 Å². The van der Waals surface area contributed by atoms with Crippen LogP contribution in [-0.4, -0.2) is 22.7 Å². The van der Waals surface area contributed by atoms with Crippen LogP contribution in [0.2, 0.25) is 0 Å². The van der Waals surface area contributed by atoms with Gasteiger partial charge in [0.25, 0.3) is 5.91 Å². The molecule has 18 heavy (non-hydrogen) atoms. The Morgan fingerprint density at radius 2 is 2.11 bits per heavy atom. The summed E-state index contributed by atoms with van der Waals surface area (Å²) in [6.45, 7) is 3.30. The number of hydrogen-bond acceptors (Lipinski definition) is 3. The molecule has 0 aliphatic carbocycles. The monoisotopic (exact) mass is 314 g/mol. The number of ether oxygens (including phenoxy) is 1. The van der Waals surface area contributed by atoms with Crippen molar-refractivity contribution in [3.05, 3.63) is 24.3 Å². The molecule has 0 radical (unpaired) electrons. The fraction of sp³-hybridized carbons (Fsp3) is 0.333. The van der Waals surface area contributed by atoms with E-state index in [2.05, 4.69) is 21.2 Å². The van der Waals surface area contributed by atoms with Crippen LogP contribution in [0.4, 0.5) is 5.69 Å². The Balaban J connectivity index is 2.70. The highest BCUT2D eigenvalue weighted by Gasteiger charge is 2.23. The molecule has 1 rings (SSSR count). The third-order valence-electron chi connectivity index (χ3n) is 2.01. The van der Waals surface area contributed by atoms with Crippen molar-refractivity contribution in [2.75, 3.05) is 11.9 Å². The minimum Gasteiger partial charge on any atom is -0.484 e. The second kappa shape index (κ2) is 5.86. The molecule has 1 aromatic carbocycles. The van der Waals surface area contributed by atoms with Gasteiger partial charge in [-0.25, -0.2) is 0 Å². The predicted molar refractivity (Wildman–Crippen MR) is 72.8 cm³/mol. The molecule has 0 saturated carbocycles. The number of nitrogens with one attached hydrogen (secondary N) is 1. The molecular formula is C12H15BrN2O3. The number of hydrogen-bond donors (Lipinski definition) is 2. The maximum Gasteiger partial charge on any atom is 0.255 e. The Kier molecular flexibility index (Phi) is 4.72. The highest BCUT2D eigenvalue weighted by molar-refractivity contribution is 9.10. The maximum atomic E-state index is 11.7. The zero-order valence-electron chi connectivity index (χ0n) is 10.2. The number of rotatable bonds is 5. The summed E-state index contributed by atoms with van der Waals surface area (Å²) < 4.78 is 4.48. The SMILES string of the molecule is CC(C)(Br)C(=O)Nc1cccc(OCC(N)=O)c1. The molecule has 0 unspecified atom stereocenters. The number of carbonyl (C=O) groups excluding carboxylic acids is 2. The molecule has 0 spiro atoms. The molecule has 0 atom stereocenters. The van der Waals surface area contributed by atoms with Gasteiger partial charge in [-0.15, -0.1) is 0 Å². The van der Waals surface area contributed by atoms with Crippen LogP contribution in [0.1, 0.15) is 13.8 Å². The zero-order chi connectivity index (χ0) is 13.8. The first kappa shape index (κ1) is 14.5. The van der Waals surface area contributed by atoms with E-state index in [-0.39, 0.29) is 12.5 Å². The van der Waals surface area contributed by atoms with Gasteiger partial charge in [0.2, 0.25) is 5.91 Å². The van der Waals surface area contributed by atoms with Gasteiger partial charge < -0.3 is 15.8 Å². The van der Waals surface area contributed by atoms with Crippen molar-refractivity contribution in [3.8, 4) is 5.75 Å². The number of alkyl halides is 1. The summed E-state index contributed by atoms with van der Waals surface area (Å²) in [6, 6.07) is 6.75. The average Bonchev–Trinajstić information content (AvgIpc) is 2.25. The summed E-state index contributed by atoms with van der Waals surface area (Å²) in [5.74, 6) is -0.250. The molecule has 6 heteroatoms. The van der Waals surface area contributed by atoms with Gasteiger partial charge in [0.1, 0.15) is 5.75 Å². The van der Waals surface area contributed by atoms with Crippen molar-refractivity contribution >= 4 is 33.4 Å². The summed E-state index contributed by atoms with van der Waals surface area (Å²) in [7, 11) is 0. The van der Waals surface area contributed by atoms with E-state index in [0.717, 1.165) is 0 Å². The van der Waals surface area contributed by atoms with Gasteiger partial charge in [-0.3, -0.25) is 9.59 Å². The van der Waals surface area contributed by atoms with Gasteiger partial charge >= 0.3 is 0 Å². The van der Waals surface area contributed by atoms with Gasteiger partial charge in [-0.05, 0) is 26.0 Å². The lowest BCUT2D eigenvalue weighted by Gasteiger charge is -2.16. The van der Waals surface area contributed by atoms with Crippen molar-refractivity contribution in [2.45, 2.75) is 18.2 Å². The predicted octanol–water partition coefficient (Wildman–Crippen LogP) is 1.66. The Morgan fingerprint density at radius 1 is 1.44 bits per heavy atom. The van der Waals surface area contributed by atoms with Gasteiger partial charge in [-0.2, -0.15) is 0 Å². The van der Waals surface area contributed by atoms with Crippen LogP contribution in [0.5, 0.6) is 5.75 Å². The second-order valence-corrected chi connectivity index (χ2v) is 6.19. The van der Waals surface area contributed by atoms with Gasteiger partial charge in [0, 0.05) is 11.8 Å². The summed E-state index contributed by atoms with van der Waals surface area (Å²) in [5, 5.41) is 2.73. The first-order valence-corrected chi connectivity index (χ1v) is 6.10. The summed E-state index contributed by atoms with van der Waals surface area (Å²) in [4.78, 5) is 22.3. The van der Waals surface area contributed by atoms with E-state index >= 15 is 0 Å². The van der Waals surface area contributed by atoms with E-state index < -0.39 is 10.2 Å². The van der Waals surface area contributed by atoms with Gasteiger partial charge in [0.05, 0.1) is 4.32 Å². The fourth-order valence-corrected chi connectivity index (χ4v) is 1.20. The lowest BCUT2D eigenvalue weighted by molar-refractivity contribution is -0.120. The van der Waals surface area contributed by atoms with Crippen molar-refractivity contribution in [3.63, 3.8) is 0 Å². The Labute approximate surface area is 114 Å². The molecule has 98 valence electrons. The lowest BCUT2D eigenvalue weighted by atomic mass is 10.2. The lowest BCUT2D eigenvalue weighted by Crippen LogP contribution is -2.30. The molecule has 2 amide bonds. The second-order valence-electron chi connectivity index (χ2n) is 4.21. The first-order valence-electron chi connectivity index (χ1n) is 5.30. The van der Waals surface area contributed by atoms with Crippen LogP contribution >= 0.6 is 15.9 Å². The number of benzene rings is 1. The zero-order valence-corrected chi connectivity index (χ0v) is 11.8. The molecule has 1 aromatic rings. The highest BCUT2D eigenvalue weighted by atomic mass is 79.9. The third kappa shape index (κ3) is 4.75. The molecule has 0 aliphatic heterocycles. The Hall–Kier alpha value is -1.56. The van der Waals surface area contributed by atoms with E-state index in [9.17, 15) is 9.59 Å². The summed E-state index contributed by atoms with van der Waals surface area (Å²) in [5.41, 5.74) is 5.57. The molecule has 5 nitrogen and oxygen atoms in total.